The van der Waals surface area contributed by atoms with Crippen LogP contribution in [0.15, 0.2) is 278 Å². The molecular formula is C73H51NOS. The van der Waals surface area contributed by atoms with E-state index in [9.17, 15) is 0 Å². The van der Waals surface area contributed by atoms with Gasteiger partial charge in [-0.05, 0) is 134 Å². The third-order valence-corrected chi connectivity index (χ3v) is 17.1. The van der Waals surface area contributed by atoms with E-state index in [0.717, 1.165) is 77.6 Å². The fourth-order valence-electron chi connectivity index (χ4n) is 12.8. The molecule has 1 atom stereocenters. The largest absolute Gasteiger partial charge is 0.455 e. The number of benzene rings is 10. The summed E-state index contributed by atoms with van der Waals surface area (Å²) in [5, 5.41) is 7.15. The molecule has 2 aliphatic carbocycles. The van der Waals surface area contributed by atoms with Crippen molar-refractivity contribution in [1.82, 2.24) is 0 Å². The van der Waals surface area contributed by atoms with Gasteiger partial charge in [-0.25, -0.2) is 0 Å². The van der Waals surface area contributed by atoms with Crippen molar-refractivity contribution in [3.63, 3.8) is 0 Å². The van der Waals surface area contributed by atoms with Crippen molar-refractivity contribution in [3.05, 3.63) is 295 Å². The summed E-state index contributed by atoms with van der Waals surface area (Å²) >= 11 is 1.89. The second-order valence-corrected chi connectivity index (χ2v) is 20.8. The zero-order valence-corrected chi connectivity index (χ0v) is 43.2. The Bertz CT molecular complexity index is 4520. The predicted octanol–water partition coefficient (Wildman–Crippen LogP) is 20.9. The molecule has 0 amide bonds. The number of fused-ring (bicyclic) bond motifs is 12. The minimum atomic E-state index is -0.654. The maximum atomic E-state index is 6.50. The van der Waals surface area contributed by atoms with Crippen LogP contribution in [0.4, 0.5) is 17.1 Å². The quantitative estimate of drug-likeness (QED) is 0.136. The van der Waals surface area contributed by atoms with Crippen LogP contribution in [-0.4, -0.2) is 0 Å². The number of hydrogen-bond donors (Lipinski definition) is 0. The van der Waals surface area contributed by atoms with E-state index in [2.05, 4.69) is 269 Å². The monoisotopic (exact) mass is 989 g/mol. The molecule has 0 radical (unpaired) electrons. The van der Waals surface area contributed by atoms with Crippen molar-refractivity contribution in [2.45, 2.75) is 19.3 Å². The molecule has 0 bridgehead atoms. The van der Waals surface area contributed by atoms with Crippen LogP contribution in [0.25, 0.3) is 97.4 Å². The number of rotatable bonds is 10. The smallest absolute Gasteiger partial charge is 0.143 e. The van der Waals surface area contributed by atoms with Gasteiger partial charge >= 0.3 is 0 Å². The Morgan fingerprint density at radius 3 is 1.92 bits per heavy atom. The molecule has 2 aromatic heterocycles. The molecule has 14 rings (SSSR count). The first-order valence-corrected chi connectivity index (χ1v) is 26.9. The van der Waals surface area contributed by atoms with Gasteiger partial charge in [0.25, 0.3) is 0 Å². The molecule has 0 aliphatic heterocycles. The molecule has 2 aliphatic rings. The minimum Gasteiger partial charge on any atom is -0.455 e. The summed E-state index contributed by atoms with van der Waals surface area (Å²) in [6, 6.07) is 77.4. The Morgan fingerprint density at radius 1 is 0.474 bits per heavy atom. The van der Waals surface area contributed by atoms with Crippen LogP contribution in [0.3, 0.4) is 0 Å². The fraction of sp³-hybridized carbons (Fsp3) is 0.0411. The third kappa shape index (κ3) is 6.65. The fourth-order valence-corrected chi connectivity index (χ4v) is 14.1. The van der Waals surface area contributed by atoms with Crippen molar-refractivity contribution in [1.29, 1.82) is 0 Å². The summed E-state index contributed by atoms with van der Waals surface area (Å²) in [7, 11) is 0. The summed E-state index contributed by atoms with van der Waals surface area (Å²) in [5.41, 5.74) is 21.0. The lowest BCUT2D eigenvalue weighted by molar-refractivity contribution is 0.670. The van der Waals surface area contributed by atoms with Gasteiger partial charge in [0.15, 0.2) is 0 Å². The molecule has 0 fully saturated rings. The minimum absolute atomic E-state index is 0.654. The predicted molar refractivity (Wildman–Crippen MR) is 326 cm³/mol. The number of allylic oxidation sites excluding steroid dienone is 10. The highest BCUT2D eigenvalue weighted by molar-refractivity contribution is 7.26. The Balaban J connectivity index is 0.929. The molecule has 0 N–H and O–H groups in total. The van der Waals surface area contributed by atoms with E-state index in [1.165, 1.54) is 70.3 Å². The zero-order valence-electron chi connectivity index (χ0n) is 42.3. The van der Waals surface area contributed by atoms with Gasteiger partial charge in [-0.2, -0.15) is 0 Å². The number of nitrogens with zero attached hydrogens (tertiary/aromatic N) is 1. The van der Waals surface area contributed by atoms with Crippen LogP contribution in [0, 0.1) is 0 Å². The summed E-state index contributed by atoms with van der Waals surface area (Å²) in [6.45, 7) is 13.4. The summed E-state index contributed by atoms with van der Waals surface area (Å²) in [6.07, 6.45) is 13.2. The highest BCUT2D eigenvalue weighted by atomic mass is 32.1. The molecule has 0 saturated carbocycles. The van der Waals surface area contributed by atoms with Gasteiger partial charge in [0.05, 0.1) is 11.1 Å². The second-order valence-electron chi connectivity index (χ2n) is 19.8. The van der Waals surface area contributed by atoms with Gasteiger partial charge in [-0.3, -0.25) is 0 Å². The molecule has 2 heterocycles. The van der Waals surface area contributed by atoms with E-state index in [1.54, 1.807) is 0 Å². The lowest BCUT2D eigenvalue weighted by atomic mass is 9.66. The van der Waals surface area contributed by atoms with Gasteiger partial charge in [-0.1, -0.05) is 213 Å². The van der Waals surface area contributed by atoms with Crippen LogP contribution >= 0.6 is 11.3 Å². The van der Waals surface area contributed by atoms with E-state index in [1.807, 2.05) is 23.5 Å². The maximum Gasteiger partial charge on any atom is 0.143 e. The lowest BCUT2D eigenvalue weighted by Gasteiger charge is -2.34. The molecule has 1 unspecified atom stereocenters. The van der Waals surface area contributed by atoms with Crippen molar-refractivity contribution in [2.75, 3.05) is 4.90 Å². The van der Waals surface area contributed by atoms with Crippen LogP contribution in [0.1, 0.15) is 36.1 Å². The normalized spacial score (nSPS) is 15.2. The van der Waals surface area contributed by atoms with Gasteiger partial charge in [0.1, 0.15) is 11.2 Å². The molecule has 3 heteroatoms. The van der Waals surface area contributed by atoms with E-state index in [0.29, 0.717) is 0 Å². The molecule has 10 aromatic carbocycles. The van der Waals surface area contributed by atoms with E-state index in [4.69, 9.17) is 4.42 Å². The molecule has 2 nitrogen and oxygen atoms in total. The van der Waals surface area contributed by atoms with Gasteiger partial charge < -0.3 is 9.32 Å². The van der Waals surface area contributed by atoms with Crippen molar-refractivity contribution >= 4 is 92.4 Å². The number of furan rings is 1. The molecule has 0 saturated heterocycles. The van der Waals surface area contributed by atoms with Gasteiger partial charge in [-0.15, -0.1) is 11.3 Å². The standard InChI is InChI=1S/C73H51NOS/c1-5-20-56-59-29-18-27-54(70(59)73(63(56)7-3)64(8-4)62(21-6-2)69-65(73)43-42-61-58-26-14-17-33-68(58)76-72(61)69)50-35-34-49-45-52(41-38-48(49)44-50)74(66-31-15-12-24-53(66)46-22-10-9-11-23-46)51-39-36-47(37-40-51)55-28-19-30-60-57-25-13-16-32-67(57)75-71(55)60/h5-45H,3-4H2,1-2H3/b20-5-,21-6-. The van der Waals surface area contributed by atoms with Gasteiger partial charge in [0.2, 0.25) is 0 Å². The van der Waals surface area contributed by atoms with Crippen LogP contribution in [-0.2, 0) is 5.41 Å². The number of thiophene rings is 1. The number of anilines is 3. The molecule has 76 heavy (non-hydrogen) atoms. The highest BCUT2D eigenvalue weighted by Gasteiger charge is 2.53. The molecular weight excluding hydrogens is 939 g/mol. The second kappa shape index (κ2) is 18.0. The Labute approximate surface area is 447 Å². The van der Waals surface area contributed by atoms with E-state index < -0.39 is 5.41 Å². The topological polar surface area (TPSA) is 16.4 Å². The van der Waals surface area contributed by atoms with Crippen LogP contribution in [0.2, 0.25) is 0 Å². The maximum absolute atomic E-state index is 6.50. The molecule has 12 aromatic rings. The zero-order chi connectivity index (χ0) is 51.1. The first-order chi connectivity index (χ1) is 37.5. The first kappa shape index (κ1) is 45.3. The highest BCUT2D eigenvalue weighted by Crippen LogP contribution is 2.65. The van der Waals surface area contributed by atoms with Crippen LogP contribution in [0.5, 0.6) is 0 Å². The van der Waals surface area contributed by atoms with Crippen LogP contribution < -0.4 is 4.90 Å². The summed E-state index contributed by atoms with van der Waals surface area (Å²) in [4.78, 5) is 2.40. The summed E-state index contributed by atoms with van der Waals surface area (Å²) < 4.78 is 9.10. The average molecular weight is 990 g/mol. The first-order valence-electron chi connectivity index (χ1n) is 26.1. The van der Waals surface area contributed by atoms with E-state index in [-0.39, 0.29) is 0 Å². The van der Waals surface area contributed by atoms with Crippen molar-refractivity contribution in [2.24, 2.45) is 0 Å². The molecule has 360 valence electrons. The average Bonchev–Trinajstić information content (AvgIpc) is 4.31. The third-order valence-electron chi connectivity index (χ3n) is 15.9. The molecule has 1 spiro atoms. The SMILES string of the molecule is C=CC1=C(/C=C\C)c2cccc(-c3ccc4cc(N(c5ccc(-c6cccc7c6oc6ccccc67)cc5)c5ccccc5-c5ccccc5)ccc4c3)c2C12C(C=C)=C(/C=C\C)c1c2ccc2c1sc1ccccc12. The Morgan fingerprint density at radius 2 is 1.09 bits per heavy atom. The Kier molecular flexibility index (Phi) is 10.7. The summed E-state index contributed by atoms with van der Waals surface area (Å²) in [5.74, 6) is 0. The lowest BCUT2D eigenvalue weighted by Crippen LogP contribution is -2.28. The number of hydrogen-bond acceptors (Lipinski definition) is 3. The number of para-hydroxylation sites is 3. The van der Waals surface area contributed by atoms with Crippen molar-refractivity contribution < 1.29 is 4.42 Å². The van der Waals surface area contributed by atoms with E-state index >= 15 is 0 Å². The van der Waals surface area contributed by atoms with Gasteiger partial charge in [0, 0.05) is 59.0 Å². The Hall–Kier alpha value is -9.28. The van der Waals surface area contributed by atoms with Crippen molar-refractivity contribution in [3.8, 4) is 33.4 Å².